The van der Waals surface area contributed by atoms with Crippen LogP contribution in [0.25, 0.3) is 0 Å². The van der Waals surface area contributed by atoms with E-state index in [0.29, 0.717) is 0 Å². The van der Waals surface area contributed by atoms with Crippen molar-refractivity contribution in [2.45, 2.75) is 26.8 Å². The van der Waals surface area contributed by atoms with Crippen LogP contribution in [0, 0.1) is 13.8 Å². The van der Waals surface area contributed by atoms with Crippen LogP contribution in [0.2, 0.25) is 0 Å². The van der Waals surface area contributed by atoms with Gasteiger partial charge in [0.1, 0.15) is 12.7 Å². The van der Waals surface area contributed by atoms with E-state index in [9.17, 15) is 0 Å². The van der Waals surface area contributed by atoms with E-state index in [2.05, 4.69) is 49.1 Å². The molecule has 0 radical (unpaired) electrons. The molecule has 0 saturated carbocycles. The summed E-state index contributed by atoms with van der Waals surface area (Å²) in [7, 11) is 0. The summed E-state index contributed by atoms with van der Waals surface area (Å²) in [6.07, 6.45) is 3.32. The second-order valence-electron chi connectivity index (χ2n) is 3.91. The van der Waals surface area contributed by atoms with Crippen LogP contribution in [0.15, 0.2) is 30.9 Å². The third-order valence-electron chi connectivity index (χ3n) is 2.71. The number of nitrogens with zero attached hydrogens (tertiary/aromatic N) is 3. The van der Waals surface area contributed by atoms with Crippen molar-refractivity contribution in [3.63, 3.8) is 0 Å². The highest BCUT2D eigenvalue weighted by molar-refractivity contribution is 5.32. The van der Waals surface area contributed by atoms with E-state index >= 15 is 0 Å². The van der Waals surface area contributed by atoms with Crippen molar-refractivity contribution in [1.82, 2.24) is 14.8 Å². The van der Waals surface area contributed by atoms with Crippen LogP contribution in [0.3, 0.4) is 0 Å². The first-order valence-electron chi connectivity index (χ1n) is 5.10. The first-order valence-corrected chi connectivity index (χ1v) is 5.10. The van der Waals surface area contributed by atoms with E-state index < -0.39 is 0 Å². The summed E-state index contributed by atoms with van der Waals surface area (Å²) in [5.74, 6) is 0. The van der Waals surface area contributed by atoms with Crippen molar-refractivity contribution in [1.29, 1.82) is 0 Å². The number of rotatable bonds is 2. The smallest absolute Gasteiger partial charge is 0.137 e. The zero-order chi connectivity index (χ0) is 10.8. The molecule has 0 spiro atoms. The lowest BCUT2D eigenvalue weighted by atomic mass is 10.0. The van der Waals surface area contributed by atoms with E-state index in [-0.39, 0.29) is 6.04 Å². The summed E-state index contributed by atoms with van der Waals surface area (Å²) in [5, 5.41) is 4.16. The Labute approximate surface area is 89.8 Å². The van der Waals surface area contributed by atoms with E-state index in [1.807, 2.05) is 4.68 Å². The Hall–Kier alpha value is -1.64. The average molecular weight is 201 g/mol. The Morgan fingerprint density at radius 3 is 2.67 bits per heavy atom. The minimum Gasteiger partial charge on any atom is -0.246 e. The molecule has 1 aromatic carbocycles. The average Bonchev–Trinajstić information content (AvgIpc) is 2.69. The first-order chi connectivity index (χ1) is 7.18. The zero-order valence-electron chi connectivity index (χ0n) is 9.31. The number of aromatic nitrogens is 3. The number of hydrogen-bond donors (Lipinski definition) is 0. The minimum atomic E-state index is 0.244. The van der Waals surface area contributed by atoms with E-state index in [1.165, 1.54) is 16.7 Å². The van der Waals surface area contributed by atoms with Gasteiger partial charge in [-0.05, 0) is 31.9 Å². The van der Waals surface area contributed by atoms with Crippen molar-refractivity contribution in [2.24, 2.45) is 0 Å². The van der Waals surface area contributed by atoms with Crippen LogP contribution in [0.1, 0.15) is 29.7 Å². The lowest BCUT2D eigenvalue weighted by molar-refractivity contribution is 0.560. The summed E-state index contributed by atoms with van der Waals surface area (Å²) in [4.78, 5) is 3.97. The standard InChI is InChI=1S/C12H15N3/c1-9-4-5-12(10(2)6-9)11(3)15-8-13-7-14-15/h4-8,11H,1-3H3. The summed E-state index contributed by atoms with van der Waals surface area (Å²) >= 11 is 0. The molecule has 1 heterocycles. The molecule has 0 amide bonds. The van der Waals surface area contributed by atoms with Crippen LogP contribution >= 0.6 is 0 Å². The monoisotopic (exact) mass is 201 g/mol. The molecule has 2 rings (SSSR count). The highest BCUT2D eigenvalue weighted by atomic mass is 15.3. The zero-order valence-corrected chi connectivity index (χ0v) is 9.31. The highest BCUT2D eigenvalue weighted by Crippen LogP contribution is 2.21. The fourth-order valence-electron chi connectivity index (χ4n) is 1.85. The molecule has 1 aromatic heterocycles. The van der Waals surface area contributed by atoms with Gasteiger partial charge in [0.2, 0.25) is 0 Å². The van der Waals surface area contributed by atoms with Gasteiger partial charge in [-0.3, -0.25) is 0 Å². The van der Waals surface area contributed by atoms with Gasteiger partial charge in [0, 0.05) is 0 Å². The Kier molecular flexibility index (Phi) is 2.54. The third-order valence-corrected chi connectivity index (χ3v) is 2.71. The Bertz CT molecular complexity index is 446. The van der Waals surface area contributed by atoms with Gasteiger partial charge in [-0.25, -0.2) is 9.67 Å². The number of hydrogen-bond acceptors (Lipinski definition) is 2. The van der Waals surface area contributed by atoms with Crippen LogP contribution in [0.4, 0.5) is 0 Å². The molecule has 2 aromatic rings. The highest BCUT2D eigenvalue weighted by Gasteiger charge is 2.10. The second kappa shape index (κ2) is 3.85. The van der Waals surface area contributed by atoms with Crippen LogP contribution in [0.5, 0.6) is 0 Å². The molecule has 78 valence electrons. The molecule has 0 aliphatic heterocycles. The maximum atomic E-state index is 4.16. The maximum Gasteiger partial charge on any atom is 0.137 e. The molecular formula is C12H15N3. The molecule has 0 fully saturated rings. The van der Waals surface area contributed by atoms with Gasteiger partial charge in [-0.2, -0.15) is 5.10 Å². The Balaban J connectivity index is 2.38. The van der Waals surface area contributed by atoms with Crippen LogP contribution in [-0.2, 0) is 0 Å². The molecule has 1 atom stereocenters. The van der Waals surface area contributed by atoms with Crippen molar-refractivity contribution in [2.75, 3.05) is 0 Å². The molecule has 0 N–H and O–H groups in total. The molecule has 0 aliphatic carbocycles. The molecular weight excluding hydrogens is 186 g/mol. The van der Waals surface area contributed by atoms with Crippen molar-refractivity contribution >= 4 is 0 Å². The van der Waals surface area contributed by atoms with Crippen LogP contribution < -0.4 is 0 Å². The molecule has 15 heavy (non-hydrogen) atoms. The molecule has 1 unspecified atom stereocenters. The van der Waals surface area contributed by atoms with Gasteiger partial charge in [-0.15, -0.1) is 0 Å². The largest absolute Gasteiger partial charge is 0.246 e. The predicted octanol–water partition coefficient (Wildman–Crippen LogP) is 2.50. The van der Waals surface area contributed by atoms with Gasteiger partial charge in [-0.1, -0.05) is 23.8 Å². The normalized spacial score (nSPS) is 12.7. The third kappa shape index (κ3) is 1.91. The van der Waals surface area contributed by atoms with Crippen molar-refractivity contribution in [3.8, 4) is 0 Å². The molecule has 0 saturated heterocycles. The number of aryl methyl sites for hydroxylation is 2. The van der Waals surface area contributed by atoms with Gasteiger partial charge < -0.3 is 0 Å². The predicted molar refractivity (Wildman–Crippen MR) is 59.8 cm³/mol. The quantitative estimate of drug-likeness (QED) is 0.747. The van der Waals surface area contributed by atoms with E-state index in [4.69, 9.17) is 0 Å². The summed E-state index contributed by atoms with van der Waals surface area (Å²) < 4.78 is 1.87. The fourth-order valence-corrected chi connectivity index (χ4v) is 1.85. The van der Waals surface area contributed by atoms with Gasteiger partial charge in [0.25, 0.3) is 0 Å². The Morgan fingerprint density at radius 2 is 2.07 bits per heavy atom. The first kappa shape index (κ1) is 9.90. The Morgan fingerprint density at radius 1 is 1.27 bits per heavy atom. The van der Waals surface area contributed by atoms with E-state index in [0.717, 1.165) is 0 Å². The second-order valence-corrected chi connectivity index (χ2v) is 3.91. The SMILES string of the molecule is Cc1ccc(C(C)n2cncn2)c(C)c1. The topological polar surface area (TPSA) is 30.7 Å². The summed E-state index contributed by atoms with van der Waals surface area (Å²) in [6.45, 7) is 6.37. The molecule has 3 heteroatoms. The van der Waals surface area contributed by atoms with Crippen molar-refractivity contribution < 1.29 is 0 Å². The van der Waals surface area contributed by atoms with Gasteiger partial charge in [0.15, 0.2) is 0 Å². The van der Waals surface area contributed by atoms with Crippen LogP contribution in [-0.4, -0.2) is 14.8 Å². The summed E-state index contributed by atoms with van der Waals surface area (Å²) in [5.41, 5.74) is 3.89. The molecule has 0 aliphatic rings. The molecule has 0 bridgehead atoms. The van der Waals surface area contributed by atoms with Crippen molar-refractivity contribution in [3.05, 3.63) is 47.5 Å². The minimum absolute atomic E-state index is 0.244. The number of benzene rings is 1. The maximum absolute atomic E-state index is 4.16. The van der Waals surface area contributed by atoms with E-state index in [1.54, 1.807) is 12.7 Å². The molecule has 3 nitrogen and oxygen atoms in total. The lowest BCUT2D eigenvalue weighted by Gasteiger charge is -2.15. The summed E-state index contributed by atoms with van der Waals surface area (Å²) in [6, 6.07) is 6.74. The van der Waals surface area contributed by atoms with Gasteiger partial charge >= 0.3 is 0 Å². The van der Waals surface area contributed by atoms with Gasteiger partial charge in [0.05, 0.1) is 6.04 Å². The lowest BCUT2D eigenvalue weighted by Crippen LogP contribution is -2.08. The fraction of sp³-hybridized carbons (Fsp3) is 0.333.